The van der Waals surface area contributed by atoms with Gasteiger partial charge in [0.25, 0.3) is 0 Å². The van der Waals surface area contributed by atoms with Gasteiger partial charge < -0.3 is 19.7 Å². The van der Waals surface area contributed by atoms with Crippen LogP contribution in [0.15, 0.2) is 48.1 Å². The van der Waals surface area contributed by atoms with Crippen LogP contribution in [0.25, 0.3) is 0 Å². The second kappa shape index (κ2) is 8.85. The molecule has 2 aliphatic heterocycles. The topological polar surface area (TPSA) is 33.7 Å². The van der Waals surface area contributed by atoms with E-state index in [1.165, 1.54) is 29.7 Å². The van der Waals surface area contributed by atoms with E-state index < -0.39 is 0 Å². The van der Waals surface area contributed by atoms with E-state index in [4.69, 9.17) is 9.47 Å². The Morgan fingerprint density at radius 2 is 2.00 bits per heavy atom. The number of anilines is 1. The van der Waals surface area contributed by atoms with E-state index in [0.29, 0.717) is 6.04 Å². The first kappa shape index (κ1) is 17.8. The van der Waals surface area contributed by atoms with Crippen molar-refractivity contribution in [2.24, 2.45) is 0 Å². The second-order valence-corrected chi connectivity index (χ2v) is 7.38. The lowest BCUT2D eigenvalue weighted by Gasteiger charge is -2.29. The normalized spacial score (nSPS) is 24.5. The van der Waals surface area contributed by atoms with Crippen LogP contribution in [-0.2, 0) is 9.47 Å². The van der Waals surface area contributed by atoms with Crippen LogP contribution in [-0.4, -0.2) is 45.5 Å². The van der Waals surface area contributed by atoms with Gasteiger partial charge in [-0.05, 0) is 55.5 Å². The molecule has 4 heteroatoms. The van der Waals surface area contributed by atoms with Gasteiger partial charge in [-0.25, -0.2) is 0 Å². The van der Waals surface area contributed by atoms with E-state index in [9.17, 15) is 0 Å². The average Bonchev–Trinajstić information content (AvgIpc) is 3.24. The average molecular weight is 354 g/mol. The van der Waals surface area contributed by atoms with E-state index in [1.54, 1.807) is 0 Å². The van der Waals surface area contributed by atoms with Crippen molar-refractivity contribution in [3.63, 3.8) is 0 Å². The molecule has 2 fully saturated rings. The molecule has 1 unspecified atom stereocenters. The molecule has 1 N–H and O–H groups in total. The molecule has 4 rings (SSSR count). The van der Waals surface area contributed by atoms with Gasteiger partial charge in [-0.3, -0.25) is 0 Å². The maximum Gasteiger partial charge on any atom is 0.107 e. The van der Waals surface area contributed by atoms with Gasteiger partial charge in [0.15, 0.2) is 0 Å². The fourth-order valence-electron chi connectivity index (χ4n) is 4.01. The molecular formula is C22H30N2O2. The fraction of sp³-hybridized carbons (Fsp3) is 0.545. The zero-order chi connectivity index (χ0) is 17.6. The van der Waals surface area contributed by atoms with Crippen molar-refractivity contribution in [2.75, 3.05) is 44.4 Å². The van der Waals surface area contributed by atoms with Crippen LogP contribution in [0.3, 0.4) is 0 Å². The molecule has 0 bridgehead atoms. The number of morpholine rings is 1. The monoisotopic (exact) mass is 354 g/mol. The minimum atomic E-state index is 0.0349. The van der Waals surface area contributed by atoms with E-state index in [2.05, 4.69) is 52.7 Å². The third-order valence-electron chi connectivity index (χ3n) is 5.52. The summed E-state index contributed by atoms with van der Waals surface area (Å²) in [7, 11) is 0. The lowest BCUT2D eigenvalue weighted by Crippen LogP contribution is -2.36. The van der Waals surface area contributed by atoms with Crippen molar-refractivity contribution in [3.05, 3.63) is 53.6 Å². The minimum Gasteiger partial charge on any atom is -0.378 e. The number of allylic oxidation sites excluding steroid dienone is 2. The van der Waals surface area contributed by atoms with Crippen LogP contribution in [0.5, 0.6) is 0 Å². The highest BCUT2D eigenvalue weighted by Crippen LogP contribution is 2.31. The van der Waals surface area contributed by atoms with Crippen molar-refractivity contribution in [1.29, 1.82) is 0 Å². The lowest BCUT2D eigenvalue weighted by atomic mass is 9.96. The number of rotatable bonds is 6. The molecule has 2 saturated heterocycles. The van der Waals surface area contributed by atoms with Crippen molar-refractivity contribution in [1.82, 2.24) is 5.32 Å². The van der Waals surface area contributed by atoms with Crippen LogP contribution >= 0.6 is 0 Å². The van der Waals surface area contributed by atoms with Crippen LogP contribution in [0, 0.1) is 0 Å². The molecule has 0 radical (unpaired) electrons. The SMILES string of the molecule is C1=CC(C(OC[C@@H]2CCCN2)c2ccc(N3CCOCC3)cc2)=CCC1. The Hall–Kier alpha value is -1.62. The van der Waals surface area contributed by atoms with Crippen LogP contribution in [0.2, 0.25) is 0 Å². The smallest absolute Gasteiger partial charge is 0.107 e. The van der Waals surface area contributed by atoms with Gasteiger partial charge in [0, 0.05) is 24.8 Å². The number of benzene rings is 1. The summed E-state index contributed by atoms with van der Waals surface area (Å²) in [5.41, 5.74) is 3.83. The Balaban J connectivity index is 1.48. The molecule has 0 amide bonds. The van der Waals surface area contributed by atoms with Crippen molar-refractivity contribution >= 4 is 5.69 Å². The molecule has 2 heterocycles. The number of hydrogen-bond acceptors (Lipinski definition) is 4. The quantitative estimate of drug-likeness (QED) is 0.846. The highest BCUT2D eigenvalue weighted by atomic mass is 16.5. The molecule has 1 aromatic carbocycles. The largest absolute Gasteiger partial charge is 0.378 e. The standard InChI is InChI=1S/C22H30N2O2/c1-2-5-18(6-3-1)22(26-17-20-7-4-12-23-20)19-8-10-21(11-9-19)24-13-15-25-16-14-24/h2,5-6,8-11,20,22-23H,1,3-4,7,12-17H2/t20-,22?/m0/s1. The predicted octanol–water partition coefficient (Wildman–Crippen LogP) is 3.61. The Kier molecular flexibility index (Phi) is 6.05. The van der Waals surface area contributed by atoms with E-state index in [1.807, 2.05) is 0 Å². The van der Waals surface area contributed by atoms with Crippen molar-refractivity contribution < 1.29 is 9.47 Å². The first-order valence-corrected chi connectivity index (χ1v) is 10.0. The van der Waals surface area contributed by atoms with Crippen molar-refractivity contribution in [3.8, 4) is 0 Å². The highest BCUT2D eigenvalue weighted by Gasteiger charge is 2.21. The molecule has 1 aromatic rings. The predicted molar refractivity (Wildman–Crippen MR) is 106 cm³/mol. The summed E-state index contributed by atoms with van der Waals surface area (Å²) < 4.78 is 11.9. The van der Waals surface area contributed by atoms with Crippen LogP contribution in [0.4, 0.5) is 5.69 Å². The Morgan fingerprint density at radius 1 is 1.15 bits per heavy atom. The lowest BCUT2D eigenvalue weighted by molar-refractivity contribution is 0.0651. The Morgan fingerprint density at radius 3 is 2.69 bits per heavy atom. The summed E-state index contributed by atoms with van der Waals surface area (Å²) in [4.78, 5) is 2.39. The van der Waals surface area contributed by atoms with Crippen molar-refractivity contribution in [2.45, 2.75) is 37.8 Å². The van der Waals surface area contributed by atoms with Gasteiger partial charge in [0.05, 0.1) is 19.8 Å². The van der Waals surface area contributed by atoms with Gasteiger partial charge in [0.2, 0.25) is 0 Å². The van der Waals surface area contributed by atoms with Gasteiger partial charge in [0.1, 0.15) is 6.10 Å². The molecule has 2 atom stereocenters. The third-order valence-corrected chi connectivity index (χ3v) is 5.52. The van der Waals surface area contributed by atoms with Gasteiger partial charge >= 0.3 is 0 Å². The maximum atomic E-state index is 6.42. The van der Waals surface area contributed by atoms with E-state index in [0.717, 1.165) is 52.3 Å². The summed E-state index contributed by atoms with van der Waals surface area (Å²) in [5.74, 6) is 0. The molecular weight excluding hydrogens is 324 g/mol. The van der Waals surface area contributed by atoms with Crippen LogP contribution < -0.4 is 10.2 Å². The molecule has 140 valence electrons. The van der Waals surface area contributed by atoms with E-state index >= 15 is 0 Å². The highest BCUT2D eigenvalue weighted by molar-refractivity contribution is 5.49. The van der Waals surface area contributed by atoms with E-state index in [-0.39, 0.29) is 6.10 Å². The Bertz CT molecular complexity index is 626. The molecule has 3 aliphatic rings. The van der Waals surface area contributed by atoms with Gasteiger partial charge in [-0.1, -0.05) is 30.4 Å². The fourth-order valence-corrected chi connectivity index (χ4v) is 4.01. The number of nitrogens with one attached hydrogen (secondary N) is 1. The summed E-state index contributed by atoms with van der Waals surface area (Å²) in [6.07, 6.45) is 11.6. The van der Waals surface area contributed by atoms with Gasteiger partial charge in [-0.2, -0.15) is 0 Å². The summed E-state index contributed by atoms with van der Waals surface area (Å²) in [6.45, 7) is 5.48. The molecule has 0 saturated carbocycles. The summed E-state index contributed by atoms with van der Waals surface area (Å²) >= 11 is 0. The van der Waals surface area contributed by atoms with Gasteiger partial charge in [-0.15, -0.1) is 0 Å². The second-order valence-electron chi connectivity index (χ2n) is 7.38. The molecule has 4 nitrogen and oxygen atoms in total. The first-order chi connectivity index (χ1) is 12.9. The molecule has 26 heavy (non-hydrogen) atoms. The zero-order valence-electron chi connectivity index (χ0n) is 15.5. The number of nitrogens with zero attached hydrogens (tertiary/aromatic N) is 1. The summed E-state index contributed by atoms with van der Waals surface area (Å²) in [6, 6.07) is 9.44. The molecule has 0 spiro atoms. The van der Waals surface area contributed by atoms with Crippen LogP contribution in [0.1, 0.15) is 37.4 Å². The Labute approximate surface area is 156 Å². The third kappa shape index (κ3) is 4.37. The zero-order valence-corrected chi connectivity index (χ0v) is 15.5. The molecule has 0 aromatic heterocycles. The minimum absolute atomic E-state index is 0.0349. The maximum absolute atomic E-state index is 6.42. The summed E-state index contributed by atoms with van der Waals surface area (Å²) in [5, 5.41) is 3.54. The number of hydrogen-bond donors (Lipinski definition) is 1. The first-order valence-electron chi connectivity index (χ1n) is 10.0. The number of ether oxygens (including phenoxy) is 2. The molecule has 1 aliphatic carbocycles.